The van der Waals surface area contributed by atoms with Crippen LogP contribution in [-0.4, -0.2) is 25.3 Å². The predicted molar refractivity (Wildman–Crippen MR) is 202 cm³/mol. The molecule has 5 nitrogen and oxygen atoms in total. The molecule has 6 heteroatoms. The van der Waals surface area contributed by atoms with E-state index in [0.717, 1.165) is 53.5 Å². The molecule has 0 saturated carbocycles. The molecule has 7 rings (SSSR count). The Bertz CT molecular complexity index is 2200. The molecule has 1 aliphatic rings. The molecule has 1 aliphatic carbocycles. The van der Waals surface area contributed by atoms with Crippen LogP contribution in [0.25, 0.3) is 49.1 Å². The molecule has 0 aliphatic heterocycles. The molecule has 0 spiro atoms. The maximum absolute atomic E-state index is 11.7. The van der Waals surface area contributed by atoms with Crippen LogP contribution in [0, 0.1) is 31.7 Å². The zero-order valence-corrected chi connectivity index (χ0v) is 33.4. The molecule has 0 unspecified atom stereocenters. The van der Waals surface area contributed by atoms with Gasteiger partial charge < -0.3 is 14.5 Å². The van der Waals surface area contributed by atoms with Crippen molar-refractivity contribution in [3.8, 4) is 0 Å². The number of allylic oxidation sites excluding steroid dienone is 2. The van der Waals surface area contributed by atoms with E-state index < -0.39 is 0 Å². The van der Waals surface area contributed by atoms with Crippen molar-refractivity contribution in [1.82, 2.24) is 14.4 Å². The van der Waals surface area contributed by atoms with Gasteiger partial charge >= 0.3 is 0 Å². The third-order valence-electron chi connectivity index (χ3n) is 11.3. The van der Waals surface area contributed by atoms with Gasteiger partial charge in [-0.1, -0.05) is 85.2 Å². The molecule has 2 aromatic carbocycles. The Morgan fingerprint density at radius 1 is 0.918 bits per heavy atom. The number of fused-ring (bicyclic) bond motifs is 7. The molecule has 0 bridgehead atoms. The fourth-order valence-electron chi connectivity index (χ4n) is 8.19. The van der Waals surface area contributed by atoms with Gasteiger partial charge in [0.1, 0.15) is 5.65 Å². The molecule has 6 aromatic rings. The first-order valence-electron chi connectivity index (χ1n) is 18.0. The Morgan fingerprint density at radius 3 is 2.22 bits per heavy atom. The summed E-state index contributed by atoms with van der Waals surface area (Å²) in [5.41, 5.74) is 9.93. The second kappa shape index (κ2) is 13.8. The number of hydrogen-bond donors (Lipinski definition) is 1. The minimum Gasteiger partial charge on any atom is -0.512 e. The van der Waals surface area contributed by atoms with Gasteiger partial charge in [-0.3, -0.25) is 4.79 Å². The van der Waals surface area contributed by atoms with Crippen molar-refractivity contribution in [3.05, 3.63) is 76.8 Å². The summed E-state index contributed by atoms with van der Waals surface area (Å²) in [6, 6.07) is 14.9. The Hall–Kier alpha value is -3.34. The van der Waals surface area contributed by atoms with E-state index in [1.165, 1.54) is 62.6 Å². The van der Waals surface area contributed by atoms with E-state index in [1.54, 1.807) is 0 Å². The Kier molecular flexibility index (Phi) is 10.4. The van der Waals surface area contributed by atoms with Crippen LogP contribution in [-0.2, 0) is 35.7 Å². The summed E-state index contributed by atoms with van der Waals surface area (Å²) in [5, 5.41) is 15.8. The molecular weight excluding hydrogens is 783 g/mol. The van der Waals surface area contributed by atoms with Crippen molar-refractivity contribution in [2.75, 3.05) is 0 Å². The van der Waals surface area contributed by atoms with Gasteiger partial charge in [0.15, 0.2) is 5.78 Å². The summed E-state index contributed by atoms with van der Waals surface area (Å²) >= 11 is 0. The first-order valence-corrected chi connectivity index (χ1v) is 18.0. The number of aromatic nitrogens is 3. The molecule has 4 heterocycles. The number of aliphatic hydroxyl groups is 1. The molecular formula is C43H52IrN3O2-. The number of hydrogen-bond acceptors (Lipinski definition) is 4. The summed E-state index contributed by atoms with van der Waals surface area (Å²) in [7, 11) is 0. The van der Waals surface area contributed by atoms with Crippen LogP contribution in [0.3, 0.4) is 0 Å². The van der Waals surface area contributed by atoms with Crippen molar-refractivity contribution in [3.63, 3.8) is 0 Å². The molecule has 1 N–H and O–H groups in total. The van der Waals surface area contributed by atoms with E-state index in [4.69, 9.17) is 9.97 Å². The van der Waals surface area contributed by atoms with Gasteiger partial charge in [0, 0.05) is 60.8 Å². The number of benzene rings is 2. The average Bonchev–Trinajstić information content (AvgIpc) is 3.36. The molecule has 0 atom stereocenters. The van der Waals surface area contributed by atoms with Crippen LogP contribution in [0.4, 0.5) is 0 Å². The first-order chi connectivity index (χ1) is 22.8. The van der Waals surface area contributed by atoms with Gasteiger partial charge in [0.05, 0.1) is 5.76 Å². The summed E-state index contributed by atoms with van der Waals surface area (Å²) in [6.45, 7) is 21.9. The standard InChI is InChI=1S/C30H28N3.C13H24O2.Ir/c1-16-13-20-19-8-7-17(2)32-28(19)33-26(20)21(14-16)25-23-18(9-12-31-25)15-22-24(27(23)33)30(5,6)11-10-29(22,3)4;1-5-10(6-2)12(14)9-13(15)11(7-3)8-4;/h7-9,12-13,15H,10-11H2,1-6H3;9-11,14H,5-8H2,1-4H3;/q-1;;/b;12-9-;. The second-order valence-corrected chi connectivity index (χ2v) is 15.4. The molecule has 49 heavy (non-hydrogen) atoms. The minimum absolute atomic E-state index is 0. The van der Waals surface area contributed by atoms with Crippen molar-refractivity contribution < 1.29 is 30.0 Å². The van der Waals surface area contributed by atoms with E-state index in [2.05, 4.69) is 82.3 Å². The summed E-state index contributed by atoms with van der Waals surface area (Å²) in [5.74, 6) is 0.547. The van der Waals surface area contributed by atoms with Gasteiger partial charge in [-0.05, 0) is 101 Å². The number of pyridine rings is 3. The molecule has 0 amide bonds. The van der Waals surface area contributed by atoms with Gasteiger partial charge in [0.2, 0.25) is 0 Å². The minimum atomic E-state index is 0. The van der Waals surface area contributed by atoms with E-state index in [0.29, 0.717) is 0 Å². The number of rotatable bonds is 7. The molecule has 1 radical (unpaired) electrons. The fourth-order valence-corrected chi connectivity index (χ4v) is 8.19. The molecule has 4 aromatic heterocycles. The fraction of sp³-hybridized carbons (Fsp3) is 0.465. The number of aliphatic hydroxyl groups excluding tert-OH is 1. The van der Waals surface area contributed by atoms with Crippen molar-refractivity contribution >= 4 is 54.9 Å². The average molecular weight is 835 g/mol. The van der Waals surface area contributed by atoms with Crippen molar-refractivity contribution in [1.29, 1.82) is 0 Å². The van der Waals surface area contributed by atoms with Crippen LogP contribution in [0.1, 0.15) is 116 Å². The zero-order chi connectivity index (χ0) is 34.7. The maximum Gasteiger partial charge on any atom is 0.162 e. The maximum atomic E-state index is 11.7. The van der Waals surface area contributed by atoms with E-state index in [9.17, 15) is 9.90 Å². The monoisotopic (exact) mass is 835 g/mol. The summed E-state index contributed by atoms with van der Waals surface area (Å²) in [4.78, 5) is 21.8. The summed E-state index contributed by atoms with van der Waals surface area (Å²) in [6.07, 6.45) is 9.24. The van der Waals surface area contributed by atoms with Gasteiger partial charge in [0.25, 0.3) is 0 Å². The topological polar surface area (TPSA) is 67.5 Å². The van der Waals surface area contributed by atoms with Crippen LogP contribution < -0.4 is 0 Å². The third kappa shape index (κ3) is 6.18. The normalized spacial score (nSPS) is 15.7. The van der Waals surface area contributed by atoms with E-state index in [1.807, 2.05) is 33.9 Å². The first kappa shape index (κ1) is 36.9. The Morgan fingerprint density at radius 2 is 1.57 bits per heavy atom. The SMILES string of the molecule is CCC(CC)C(=O)/C=C(\O)C(CC)CC.Cc1[c-]c2c3nccc4cc5c(c(c43)n3c4nc(C)ccc4c(c1)c23)C(C)(C)CCC5(C)C.[Ir]. The Balaban J connectivity index is 0.000000252. The van der Waals surface area contributed by atoms with Crippen LogP contribution in [0.2, 0.25) is 0 Å². The summed E-state index contributed by atoms with van der Waals surface area (Å²) < 4.78 is 2.46. The van der Waals surface area contributed by atoms with Crippen molar-refractivity contribution in [2.24, 2.45) is 11.8 Å². The molecule has 0 saturated heterocycles. The zero-order valence-electron chi connectivity index (χ0n) is 31.0. The number of aryl methyl sites for hydroxylation is 2. The Labute approximate surface area is 305 Å². The second-order valence-electron chi connectivity index (χ2n) is 15.4. The van der Waals surface area contributed by atoms with E-state index in [-0.39, 0.29) is 54.3 Å². The molecule has 261 valence electrons. The molecule has 0 fully saturated rings. The third-order valence-corrected chi connectivity index (χ3v) is 11.3. The van der Waals surface area contributed by atoms with Gasteiger partial charge in [-0.25, -0.2) is 4.98 Å². The number of ketones is 1. The van der Waals surface area contributed by atoms with Crippen LogP contribution in [0.5, 0.6) is 0 Å². The van der Waals surface area contributed by atoms with Crippen LogP contribution in [0.15, 0.2) is 48.4 Å². The van der Waals surface area contributed by atoms with Crippen LogP contribution >= 0.6 is 0 Å². The number of nitrogens with zero attached hydrogens (tertiary/aromatic N) is 3. The number of carbonyl (C=O) groups excluding carboxylic acids is 1. The van der Waals surface area contributed by atoms with Gasteiger partial charge in [-0.15, -0.1) is 17.7 Å². The quantitative estimate of drug-likeness (QED) is 0.0572. The smallest absolute Gasteiger partial charge is 0.162 e. The van der Waals surface area contributed by atoms with Crippen molar-refractivity contribution in [2.45, 2.75) is 119 Å². The number of carbonyl (C=O) groups is 1. The van der Waals surface area contributed by atoms with Gasteiger partial charge in [-0.2, -0.15) is 0 Å². The largest absolute Gasteiger partial charge is 0.512 e. The predicted octanol–water partition coefficient (Wildman–Crippen LogP) is 11.4. The van der Waals surface area contributed by atoms with E-state index >= 15 is 0 Å².